The van der Waals surface area contributed by atoms with E-state index < -0.39 is 0 Å². The quantitative estimate of drug-likeness (QED) is 0.434. The monoisotopic (exact) mass is 453 g/mol. The number of carbonyl (C=O) groups excluding carboxylic acids is 1. The zero-order valence-corrected chi connectivity index (χ0v) is 19.0. The first kappa shape index (κ1) is 21.0. The molecule has 164 valence electrons. The standard InChI is InChI=1S/C26H23N5OS/c1-17-2-3-21(26(32)29-12-18-8-9-33-16-18)10-19(17)4-5-20-11-22(13-28-25(20)27)23-14-30-31(15-23)24-6-7-24/h2-3,8-11,13-16,24H,6-7,12H2,1H3,(H2,27,28)(H,29,32). The highest BCUT2D eigenvalue weighted by Gasteiger charge is 2.24. The predicted molar refractivity (Wildman–Crippen MR) is 131 cm³/mol. The van der Waals surface area contributed by atoms with Crippen molar-refractivity contribution in [1.29, 1.82) is 0 Å². The number of nitrogens with two attached hydrogens (primary N) is 1. The van der Waals surface area contributed by atoms with Gasteiger partial charge in [-0.1, -0.05) is 17.9 Å². The molecule has 1 aliphatic carbocycles. The van der Waals surface area contributed by atoms with Crippen LogP contribution in [0.25, 0.3) is 11.1 Å². The van der Waals surface area contributed by atoms with Crippen molar-refractivity contribution in [2.75, 3.05) is 5.73 Å². The van der Waals surface area contributed by atoms with Gasteiger partial charge in [0.2, 0.25) is 0 Å². The van der Waals surface area contributed by atoms with Crippen molar-refractivity contribution >= 4 is 23.1 Å². The van der Waals surface area contributed by atoms with Crippen LogP contribution in [0, 0.1) is 18.8 Å². The first-order chi connectivity index (χ1) is 16.1. The predicted octanol–water partition coefficient (Wildman–Crippen LogP) is 4.56. The molecule has 6 nitrogen and oxygen atoms in total. The number of nitrogens with one attached hydrogen (secondary N) is 1. The number of benzene rings is 1. The lowest BCUT2D eigenvalue weighted by Crippen LogP contribution is -2.22. The van der Waals surface area contributed by atoms with Crippen LogP contribution in [-0.4, -0.2) is 20.7 Å². The van der Waals surface area contributed by atoms with Gasteiger partial charge in [-0.25, -0.2) is 4.98 Å². The third-order valence-electron chi connectivity index (χ3n) is 5.64. The number of aryl methyl sites for hydroxylation is 1. The Kier molecular flexibility index (Phi) is 5.68. The molecule has 0 unspecified atom stereocenters. The Bertz CT molecular complexity index is 1370. The van der Waals surface area contributed by atoms with Crippen molar-refractivity contribution in [1.82, 2.24) is 20.1 Å². The normalized spacial score (nSPS) is 12.8. The second kappa shape index (κ2) is 8.93. The molecule has 1 aliphatic rings. The Hall–Kier alpha value is -3.89. The summed E-state index contributed by atoms with van der Waals surface area (Å²) in [5.41, 5.74) is 12.1. The average Bonchev–Trinajstić information content (AvgIpc) is 3.32. The molecule has 0 radical (unpaired) electrons. The minimum absolute atomic E-state index is 0.125. The Morgan fingerprint density at radius 3 is 2.82 bits per heavy atom. The lowest BCUT2D eigenvalue weighted by molar-refractivity contribution is 0.0951. The van der Waals surface area contributed by atoms with Crippen LogP contribution >= 0.6 is 11.3 Å². The van der Waals surface area contributed by atoms with Gasteiger partial charge in [-0.2, -0.15) is 16.4 Å². The molecule has 1 amide bonds. The summed E-state index contributed by atoms with van der Waals surface area (Å²) < 4.78 is 2.01. The number of anilines is 1. The van der Waals surface area contributed by atoms with Gasteiger partial charge in [0, 0.05) is 41.2 Å². The number of pyridine rings is 1. The second-order valence-electron chi connectivity index (χ2n) is 8.19. The van der Waals surface area contributed by atoms with Gasteiger partial charge < -0.3 is 11.1 Å². The summed E-state index contributed by atoms with van der Waals surface area (Å²) in [6, 6.07) is 10.0. The molecule has 4 aromatic rings. The lowest BCUT2D eigenvalue weighted by Gasteiger charge is -2.06. The highest BCUT2D eigenvalue weighted by molar-refractivity contribution is 7.07. The number of hydrogen-bond acceptors (Lipinski definition) is 5. The van der Waals surface area contributed by atoms with Crippen LogP contribution in [0.3, 0.4) is 0 Å². The number of thiophene rings is 1. The number of amides is 1. The van der Waals surface area contributed by atoms with Crippen LogP contribution in [-0.2, 0) is 6.54 Å². The van der Waals surface area contributed by atoms with Gasteiger partial charge in [0.25, 0.3) is 5.91 Å². The van der Waals surface area contributed by atoms with E-state index in [9.17, 15) is 4.79 Å². The summed E-state index contributed by atoms with van der Waals surface area (Å²) in [5, 5.41) is 11.4. The lowest BCUT2D eigenvalue weighted by atomic mass is 10.0. The number of nitrogen functional groups attached to an aromatic ring is 1. The molecule has 3 aromatic heterocycles. The van der Waals surface area contributed by atoms with E-state index in [0.29, 0.717) is 29.5 Å². The van der Waals surface area contributed by atoms with Gasteiger partial charge in [-0.05, 0) is 65.9 Å². The van der Waals surface area contributed by atoms with Gasteiger partial charge in [-0.3, -0.25) is 9.48 Å². The first-order valence-electron chi connectivity index (χ1n) is 10.8. The van der Waals surface area contributed by atoms with Crippen LogP contribution in [0.2, 0.25) is 0 Å². The fourth-order valence-corrected chi connectivity index (χ4v) is 4.14. The van der Waals surface area contributed by atoms with E-state index in [-0.39, 0.29) is 5.91 Å². The molecular weight excluding hydrogens is 430 g/mol. The van der Waals surface area contributed by atoms with Crippen LogP contribution in [0.15, 0.2) is 59.7 Å². The maximum Gasteiger partial charge on any atom is 0.251 e. The zero-order valence-electron chi connectivity index (χ0n) is 18.2. The van der Waals surface area contributed by atoms with Crippen LogP contribution in [0.1, 0.15) is 51.5 Å². The van der Waals surface area contributed by atoms with Crippen LogP contribution in [0.4, 0.5) is 5.82 Å². The fourth-order valence-electron chi connectivity index (χ4n) is 3.47. The molecule has 0 atom stereocenters. The maximum atomic E-state index is 12.6. The molecule has 0 aliphatic heterocycles. The van der Waals surface area contributed by atoms with Crippen molar-refractivity contribution in [3.05, 3.63) is 87.5 Å². The number of rotatable bonds is 5. The molecule has 0 saturated heterocycles. The molecule has 1 fully saturated rings. The first-order valence-corrected chi connectivity index (χ1v) is 11.7. The van der Waals surface area contributed by atoms with Gasteiger partial charge in [0.05, 0.1) is 17.8 Å². The van der Waals surface area contributed by atoms with E-state index >= 15 is 0 Å². The largest absolute Gasteiger partial charge is 0.383 e. The topological polar surface area (TPSA) is 85.8 Å². The molecule has 7 heteroatoms. The Morgan fingerprint density at radius 2 is 2.03 bits per heavy atom. The summed E-state index contributed by atoms with van der Waals surface area (Å²) >= 11 is 1.61. The van der Waals surface area contributed by atoms with Crippen molar-refractivity contribution in [3.8, 4) is 23.0 Å². The molecule has 0 spiro atoms. The SMILES string of the molecule is Cc1ccc(C(=O)NCc2ccsc2)cc1C#Cc1cc(-c2cnn(C3CC3)c2)cnc1N. The van der Waals surface area contributed by atoms with E-state index in [2.05, 4.69) is 27.2 Å². The maximum absolute atomic E-state index is 12.6. The molecule has 3 N–H and O–H groups in total. The number of nitrogens with zero attached hydrogens (tertiary/aromatic N) is 3. The minimum Gasteiger partial charge on any atom is -0.383 e. The van der Waals surface area contributed by atoms with Crippen LogP contribution < -0.4 is 11.1 Å². The molecule has 0 bridgehead atoms. The highest BCUT2D eigenvalue weighted by atomic mass is 32.1. The molecular formula is C26H23N5OS. The summed E-state index contributed by atoms with van der Waals surface area (Å²) in [6.45, 7) is 2.48. The van der Waals surface area contributed by atoms with E-state index in [0.717, 1.165) is 27.8 Å². The molecule has 1 saturated carbocycles. The van der Waals surface area contributed by atoms with Crippen molar-refractivity contribution in [2.45, 2.75) is 32.4 Å². The second-order valence-corrected chi connectivity index (χ2v) is 8.97. The smallest absolute Gasteiger partial charge is 0.251 e. The zero-order chi connectivity index (χ0) is 22.8. The number of carbonyl (C=O) groups is 1. The summed E-state index contributed by atoms with van der Waals surface area (Å²) in [4.78, 5) is 16.9. The average molecular weight is 454 g/mol. The van der Waals surface area contributed by atoms with E-state index in [4.69, 9.17) is 5.73 Å². The molecule has 3 heterocycles. The molecule has 1 aromatic carbocycles. The van der Waals surface area contributed by atoms with Gasteiger partial charge in [0.15, 0.2) is 0 Å². The highest BCUT2D eigenvalue weighted by Crippen LogP contribution is 2.35. The van der Waals surface area contributed by atoms with Crippen molar-refractivity contribution in [3.63, 3.8) is 0 Å². The summed E-state index contributed by atoms with van der Waals surface area (Å²) in [5.74, 6) is 6.58. The van der Waals surface area contributed by atoms with Gasteiger partial charge in [-0.15, -0.1) is 0 Å². The van der Waals surface area contributed by atoms with E-state index in [1.54, 1.807) is 17.5 Å². The van der Waals surface area contributed by atoms with Crippen LogP contribution in [0.5, 0.6) is 0 Å². The van der Waals surface area contributed by atoms with Crippen molar-refractivity contribution in [2.24, 2.45) is 0 Å². The Balaban J connectivity index is 1.37. The third kappa shape index (κ3) is 4.81. The Morgan fingerprint density at radius 1 is 1.18 bits per heavy atom. The minimum atomic E-state index is -0.125. The van der Waals surface area contributed by atoms with E-state index in [1.165, 1.54) is 12.8 Å². The van der Waals surface area contributed by atoms with Gasteiger partial charge >= 0.3 is 0 Å². The fraction of sp³-hybridized carbons (Fsp3) is 0.192. The number of aromatic nitrogens is 3. The third-order valence-corrected chi connectivity index (χ3v) is 6.37. The number of hydrogen-bond donors (Lipinski definition) is 2. The Labute approximate surface area is 196 Å². The summed E-state index contributed by atoms with van der Waals surface area (Å²) in [7, 11) is 0. The molecule has 5 rings (SSSR count). The van der Waals surface area contributed by atoms with Gasteiger partial charge in [0.1, 0.15) is 5.82 Å². The van der Waals surface area contributed by atoms with E-state index in [1.807, 2.05) is 65.1 Å². The molecule has 33 heavy (non-hydrogen) atoms. The summed E-state index contributed by atoms with van der Waals surface area (Å²) in [6.07, 6.45) is 8.01. The van der Waals surface area contributed by atoms with Crippen molar-refractivity contribution < 1.29 is 4.79 Å².